The van der Waals surface area contributed by atoms with Crippen molar-refractivity contribution in [1.29, 1.82) is 0 Å². The van der Waals surface area contributed by atoms with E-state index in [2.05, 4.69) is 33.2 Å². The van der Waals surface area contributed by atoms with Crippen molar-refractivity contribution in [3.63, 3.8) is 0 Å². The lowest BCUT2D eigenvalue weighted by molar-refractivity contribution is 0.547. The molecule has 0 atom stereocenters. The fraction of sp³-hybridized carbons (Fsp3) is 0.667. The van der Waals surface area contributed by atoms with Crippen molar-refractivity contribution in [2.75, 3.05) is 19.0 Å². The summed E-state index contributed by atoms with van der Waals surface area (Å²) >= 11 is 1.71. The smallest absolute Gasteiger partial charge is 0.195 e. The summed E-state index contributed by atoms with van der Waals surface area (Å²) < 4.78 is 2.23. The summed E-state index contributed by atoms with van der Waals surface area (Å²) in [7, 11) is 4.22. The van der Waals surface area contributed by atoms with Crippen LogP contribution in [0.1, 0.15) is 44.2 Å². The van der Waals surface area contributed by atoms with Gasteiger partial charge in [0.2, 0.25) is 0 Å². The first-order valence-corrected chi connectivity index (χ1v) is 8.51. The van der Waals surface area contributed by atoms with Crippen molar-refractivity contribution < 1.29 is 0 Å². The highest BCUT2D eigenvalue weighted by Gasteiger charge is 2.23. The zero-order valence-corrected chi connectivity index (χ0v) is 13.2. The quantitative estimate of drug-likeness (QED) is 0.878. The lowest BCUT2D eigenvalue weighted by atomic mass is 10.1. The molecule has 0 unspecified atom stereocenters. The molecule has 1 aliphatic carbocycles. The number of imidazole rings is 1. The summed E-state index contributed by atoms with van der Waals surface area (Å²) in [6.07, 6.45) is 10.3. The molecule has 2 aromatic rings. The highest BCUT2D eigenvalue weighted by Crippen LogP contribution is 2.29. The summed E-state index contributed by atoms with van der Waals surface area (Å²) in [6.45, 7) is 0.865. The van der Waals surface area contributed by atoms with Gasteiger partial charge < -0.3 is 10.2 Å². The number of fused-ring (bicyclic) bond motifs is 1. The summed E-state index contributed by atoms with van der Waals surface area (Å²) in [5.41, 5.74) is 1.29. The average Bonchev–Trinajstić information content (AvgIpc) is 2.91. The second kappa shape index (κ2) is 6.14. The molecule has 0 aliphatic heterocycles. The van der Waals surface area contributed by atoms with E-state index in [0.717, 1.165) is 17.3 Å². The number of anilines is 1. The normalized spacial score (nSPS) is 17.5. The van der Waals surface area contributed by atoms with Crippen molar-refractivity contribution in [3.8, 4) is 0 Å². The van der Waals surface area contributed by atoms with Gasteiger partial charge in [0.15, 0.2) is 10.8 Å². The Kier molecular flexibility index (Phi) is 4.27. The molecule has 2 aromatic heterocycles. The van der Waals surface area contributed by atoms with Gasteiger partial charge in [-0.1, -0.05) is 25.7 Å². The molecular formula is C15H24N4S. The maximum absolute atomic E-state index is 4.86. The average molecular weight is 292 g/mol. The van der Waals surface area contributed by atoms with Gasteiger partial charge in [-0.3, -0.25) is 4.40 Å². The van der Waals surface area contributed by atoms with Crippen molar-refractivity contribution >= 4 is 22.1 Å². The van der Waals surface area contributed by atoms with Crippen LogP contribution >= 0.6 is 11.3 Å². The molecule has 0 aromatic carbocycles. The minimum absolute atomic E-state index is 0.651. The van der Waals surface area contributed by atoms with Crippen LogP contribution in [0.5, 0.6) is 0 Å². The molecular weight excluding hydrogens is 268 g/mol. The Hall–Kier alpha value is -1.07. The molecule has 1 fully saturated rings. The molecule has 1 saturated carbocycles. The molecule has 0 saturated heterocycles. The highest BCUT2D eigenvalue weighted by molar-refractivity contribution is 7.15. The van der Waals surface area contributed by atoms with Crippen LogP contribution in [-0.2, 0) is 6.54 Å². The predicted octanol–water partition coefficient (Wildman–Crippen LogP) is 3.27. The molecule has 5 heteroatoms. The summed E-state index contributed by atoms with van der Waals surface area (Å²) in [6, 6.07) is 0.651. The fourth-order valence-electron chi connectivity index (χ4n) is 3.25. The Labute approximate surface area is 124 Å². The van der Waals surface area contributed by atoms with Gasteiger partial charge in [-0.05, 0) is 19.9 Å². The number of hydrogen-bond acceptors (Lipinski definition) is 4. The van der Waals surface area contributed by atoms with Crippen LogP contribution in [0.4, 0.5) is 5.82 Å². The Morgan fingerprint density at radius 2 is 2.10 bits per heavy atom. The number of nitrogens with one attached hydrogen (secondary N) is 1. The van der Waals surface area contributed by atoms with Crippen molar-refractivity contribution in [2.24, 2.45) is 0 Å². The third-order valence-electron chi connectivity index (χ3n) is 4.39. The van der Waals surface area contributed by atoms with E-state index in [0.29, 0.717) is 6.04 Å². The Morgan fingerprint density at radius 3 is 2.80 bits per heavy atom. The molecule has 3 rings (SSSR count). The van der Waals surface area contributed by atoms with E-state index in [4.69, 9.17) is 4.98 Å². The zero-order valence-electron chi connectivity index (χ0n) is 12.4. The number of thiazole rings is 1. The number of aromatic nitrogens is 2. The minimum Gasteiger partial charge on any atom is -0.355 e. The van der Waals surface area contributed by atoms with Crippen molar-refractivity contribution in [3.05, 3.63) is 17.3 Å². The van der Waals surface area contributed by atoms with Crippen LogP contribution in [0.25, 0.3) is 4.96 Å². The molecule has 0 amide bonds. The second-order valence-corrected chi connectivity index (χ2v) is 6.60. The molecule has 0 bridgehead atoms. The zero-order chi connectivity index (χ0) is 13.9. The maximum atomic E-state index is 4.86. The number of nitrogens with zero attached hydrogens (tertiary/aromatic N) is 3. The van der Waals surface area contributed by atoms with E-state index in [1.807, 2.05) is 7.05 Å². The van der Waals surface area contributed by atoms with E-state index in [1.165, 1.54) is 44.2 Å². The van der Waals surface area contributed by atoms with Crippen LogP contribution in [0.15, 0.2) is 11.6 Å². The molecule has 0 radical (unpaired) electrons. The Morgan fingerprint density at radius 1 is 1.35 bits per heavy atom. The van der Waals surface area contributed by atoms with E-state index < -0.39 is 0 Å². The highest BCUT2D eigenvalue weighted by atomic mass is 32.1. The van der Waals surface area contributed by atoms with Crippen LogP contribution in [0.2, 0.25) is 0 Å². The second-order valence-electron chi connectivity index (χ2n) is 5.72. The predicted molar refractivity (Wildman–Crippen MR) is 85.7 cm³/mol. The molecule has 2 heterocycles. The van der Waals surface area contributed by atoms with Gasteiger partial charge in [0, 0.05) is 31.2 Å². The van der Waals surface area contributed by atoms with Crippen LogP contribution in [0, 0.1) is 0 Å². The van der Waals surface area contributed by atoms with Gasteiger partial charge in [0.25, 0.3) is 0 Å². The standard InChI is InChI=1S/C15H24N4S/c1-16-11-13-14(17-15-19(13)9-10-20-15)18(2)12-7-5-3-4-6-8-12/h9-10,12,16H,3-8,11H2,1-2H3. The summed E-state index contributed by atoms with van der Waals surface area (Å²) in [4.78, 5) is 8.40. The first kappa shape index (κ1) is 13.9. The topological polar surface area (TPSA) is 32.6 Å². The van der Waals surface area contributed by atoms with Crippen LogP contribution in [0.3, 0.4) is 0 Å². The van der Waals surface area contributed by atoms with Crippen LogP contribution in [-0.4, -0.2) is 29.5 Å². The molecule has 1 aliphatic rings. The fourth-order valence-corrected chi connectivity index (χ4v) is 3.98. The summed E-state index contributed by atoms with van der Waals surface area (Å²) in [5.74, 6) is 1.16. The van der Waals surface area contributed by atoms with Gasteiger partial charge >= 0.3 is 0 Å². The first-order valence-electron chi connectivity index (χ1n) is 7.63. The molecule has 20 heavy (non-hydrogen) atoms. The van der Waals surface area contributed by atoms with Gasteiger partial charge in [0.05, 0.1) is 5.69 Å². The maximum Gasteiger partial charge on any atom is 0.195 e. The minimum atomic E-state index is 0.651. The lowest BCUT2D eigenvalue weighted by Crippen LogP contribution is -2.32. The van der Waals surface area contributed by atoms with Crippen LogP contribution < -0.4 is 10.2 Å². The van der Waals surface area contributed by atoms with Gasteiger partial charge in [0.1, 0.15) is 0 Å². The molecule has 1 N–H and O–H groups in total. The Balaban J connectivity index is 1.90. The largest absolute Gasteiger partial charge is 0.355 e. The Bertz CT molecular complexity index is 551. The van der Waals surface area contributed by atoms with E-state index in [9.17, 15) is 0 Å². The molecule has 4 nitrogen and oxygen atoms in total. The van der Waals surface area contributed by atoms with Gasteiger partial charge in [-0.2, -0.15) is 0 Å². The van der Waals surface area contributed by atoms with E-state index >= 15 is 0 Å². The van der Waals surface area contributed by atoms with Crippen molar-refractivity contribution in [2.45, 2.75) is 51.1 Å². The summed E-state index contributed by atoms with van der Waals surface area (Å²) in [5, 5.41) is 5.39. The lowest BCUT2D eigenvalue weighted by Gasteiger charge is -2.28. The van der Waals surface area contributed by atoms with Crippen molar-refractivity contribution in [1.82, 2.24) is 14.7 Å². The number of rotatable bonds is 4. The molecule has 0 spiro atoms. The monoisotopic (exact) mass is 292 g/mol. The first-order chi connectivity index (χ1) is 9.81. The van der Waals surface area contributed by atoms with E-state index in [1.54, 1.807) is 11.3 Å². The molecule has 110 valence electrons. The van der Waals surface area contributed by atoms with Gasteiger partial charge in [-0.25, -0.2) is 4.98 Å². The van der Waals surface area contributed by atoms with E-state index in [-0.39, 0.29) is 0 Å². The SMILES string of the molecule is CNCc1c(N(C)C2CCCCCC2)nc2sccn12. The third kappa shape index (κ3) is 2.56. The van der Waals surface area contributed by atoms with Gasteiger partial charge in [-0.15, -0.1) is 11.3 Å². The number of hydrogen-bond donors (Lipinski definition) is 1. The third-order valence-corrected chi connectivity index (χ3v) is 5.15.